The predicted octanol–water partition coefficient (Wildman–Crippen LogP) is 4.39. The Balaban J connectivity index is 1.65. The first-order valence-corrected chi connectivity index (χ1v) is 12.9. The van der Waals surface area contributed by atoms with E-state index in [0.29, 0.717) is 30.9 Å². The SMILES string of the molecule is CCOC(=O)C[C@H]1C[C@H]2c3cc(OC)c(OC)cc3CCN2C[C@@H]1C1(C)SCCS1. The van der Waals surface area contributed by atoms with Crippen LogP contribution >= 0.6 is 23.5 Å². The van der Waals surface area contributed by atoms with Crippen molar-refractivity contribution in [2.45, 2.75) is 43.2 Å². The Hall–Kier alpha value is -1.05. The molecule has 0 radical (unpaired) electrons. The summed E-state index contributed by atoms with van der Waals surface area (Å²) >= 11 is 4.16. The Morgan fingerprint density at radius 2 is 1.90 bits per heavy atom. The molecule has 0 amide bonds. The van der Waals surface area contributed by atoms with Crippen molar-refractivity contribution in [3.63, 3.8) is 0 Å². The minimum atomic E-state index is -0.0547. The molecule has 166 valence electrons. The number of nitrogens with zero attached hydrogens (tertiary/aromatic N) is 1. The molecule has 5 nitrogen and oxygen atoms in total. The van der Waals surface area contributed by atoms with Crippen LogP contribution in [0.3, 0.4) is 0 Å². The van der Waals surface area contributed by atoms with Gasteiger partial charge in [-0.3, -0.25) is 9.69 Å². The summed E-state index contributed by atoms with van der Waals surface area (Å²) in [6, 6.07) is 4.62. The van der Waals surface area contributed by atoms with E-state index in [2.05, 4.69) is 47.5 Å². The van der Waals surface area contributed by atoms with Gasteiger partial charge in [0.05, 0.1) is 24.9 Å². The van der Waals surface area contributed by atoms with Gasteiger partial charge in [-0.2, -0.15) is 0 Å². The predicted molar refractivity (Wildman–Crippen MR) is 124 cm³/mol. The topological polar surface area (TPSA) is 48.0 Å². The van der Waals surface area contributed by atoms with Crippen LogP contribution in [-0.2, 0) is 16.0 Å². The lowest BCUT2D eigenvalue weighted by molar-refractivity contribution is -0.145. The molecule has 3 atom stereocenters. The number of piperidine rings is 1. The Labute approximate surface area is 188 Å². The Morgan fingerprint density at radius 1 is 1.20 bits per heavy atom. The van der Waals surface area contributed by atoms with E-state index >= 15 is 0 Å². The molecular formula is C23H33NO4S2. The molecule has 7 heteroatoms. The van der Waals surface area contributed by atoms with Crippen LogP contribution in [0, 0.1) is 11.8 Å². The van der Waals surface area contributed by atoms with Crippen molar-refractivity contribution in [2.75, 3.05) is 45.4 Å². The van der Waals surface area contributed by atoms with Crippen molar-refractivity contribution in [1.82, 2.24) is 4.90 Å². The number of methoxy groups -OCH3 is 2. The quantitative estimate of drug-likeness (QED) is 0.595. The first-order valence-electron chi connectivity index (χ1n) is 10.9. The standard InChI is InChI=1S/C23H33NO4S2/c1-5-28-22(25)12-16-10-19-17-13-21(27-4)20(26-3)11-15(17)6-7-24(19)14-18(16)23(2)29-8-9-30-23/h11,13,16,18-19H,5-10,12,14H2,1-4H3/t16-,18+,19+/m1/s1. The van der Waals surface area contributed by atoms with E-state index in [0.717, 1.165) is 37.4 Å². The number of fused-ring (bicyclic) bond motifs is 3. The molecule has 2 saturated heterocycles. The molecule has 0 bridgehead atoms. The molecule has 1 aromatic rings. The van der Waals surface area contributed by atoms with Gasteiger partial charge in [0, 0.05) is 37.1 Å². The van der Waals surface area contributed by atoms with Crippen LogP contribution in [0.4, 0.5) is 0 Å². The first-order chi connectivity index (χ1) is 14.5. The van der Waals surface area contributed by atoms with Crippen LogP contribution in [0.5, 0.6) is 11.5 Å². The van der Waals surface area contributed by atoms with Gasteiger partial charge in [-0.15, -0.1) is 23.5 Å². The van der Waals surface area contributed by atoms with Gasteiger partial charge in [0.2, 0.25) is 0 Å². The van der Waals surface area contributed by atoms with E-state index < -0.39 is 0 Å². The van der Waals surface area contributed by atoms with Crippen molar-refractivity contribution in [2.24, 2.45) is 11.8 Å². The van der Waals surface area contributed by atoms with Gasteiger partial charge in [-0.05, 0) is 61.8 Å². The molecule has 1 aromatic carbocycles. The van der Waals surface area contributed by atoms with E-state index in [1.807, 2.05) is 6.92 Å². The third kappa shape index (κ3) is 4.17. The van der Waals surface area contributed by atoms with Gasteiger partial charge in [-0.1, -0.05) is 0 Å². The van der Waals surface area contributed by atoms with E-state index in [9.17, 15) is 4.79 Å². The fraction of sp³-hybridized carbons (Fsp3) is 0.696. The van der Waals surface area contributed by atoms with Gasteiger partial charge in [0.15, 0.2) is 11.5 Å². The molecule has 0 spiro atoms. The number of carbonyl (C=O) groups is 1. The maximum atomic E-state index is 12.5. The van der Waals surface area contributed by atoms with E-state index in [4.69, 9.17) is 14.2 Å². The fourth-order valence-electron chi connectivity index (χ4n) is 5.43. The second kappa shape index (κ2) is 9.21. The van der Waals surface area contributed by atoms with E-state index in [1.165, 1.54) is 22.6 Å². The van der Waals surface area contributed by atoms with Crippen molar-refractivity contribution in [3.05, 3.63) is 23.3 Å². The number of hydrogen-bond acceptors (Lipinski definition) is 7. The molecule has 30 heavy (non-hydrogen) atoms. The van der Waals surface area contributed by atoms with Crippen LogP contribution in [0.25, 0.3) is 0 Å². The largest absolute Gasteiger partial charge is 0.493 e. The highest BCUT2D eigenvalue weighted by Gasteiger charge is 2.49. The molecule has 0 N–H and O–H groups in total. The molecule has 4 rings (SSSR count). The lowest BCUT2D eigenvalue weighted by Gasteiger charge is -2.51. The average Bonchev–Trinajstić information content (AvgIpc) is 3.19. The zero-order chi connectivity index (χ0) is 21.3. The van der Waals surface area contributed by atoms with Crippen LogP contribution < -0.4 is 9.47 Å². The molecule has 3 heterocycles. The van der Waals surface area contributed by atoms with Crippen molar-refractivity contribution in [3.8, 4) is 11.5 Å². The van der Waals surface area contributed by atoms with Crippen LogP contribution in [-0.4, -0.2) is 60.4 Å². The average molecular weight is 452 g/mol. The summed E-state index contributed by atoms with van der Waals surface area (Å²) in [6.45, 7) is 6.83. The minimum absolute atomic E-state index is 0.0547. The smallest absolute Gasteiger partial charge is 0.306 e. The molecule has 3 aliphatic rings. The number of ether oxygens (including phenoxy) is 3. The minimum Gasteiger partial charge on any atom is -0.493 e. The maximum Gasteiger partial charge on any atom is 0.306 e. The third-order valence-corrected chi connectivity index (χ3v) is 10.4. The number of benzene rings is 1. The Morgan fingerprint density at radius 3 is 2.57 bits per heavy atom. The molecule has 0 saturated carbocycles. The highest BCUT2D eigenvalue weighted by Crippen LogP contribution is 2.56. The van der Waals surface area contributed by atoms with Crippen molar-refractivity contribution in [1.29, 1.82) is 0 Å². The molecular weight excluding hydrogens is 418 g/mol. The summed E-state index contributed by atoms with van der Waals surface area (Å²) < 4.78 is 16.7. The summed E-state index contributed by atoms with van der Waals surface area (Å²) in [5.74, 6) is 4.74. The molecule has 0 aromatic heterocycles. The summed E-state index contributed by atoms with van der Waals surface area (Å²) in [7, 11) is 3.39. The number of carbonyl (C=O) groups excluding carboxylic acids is 1. The summed E-state index contributed by atoms with van der Waals surface area (Å²) in [5.41, 5.74) is 2.68. The van der Waals surface area contributed by atoms with Gasteiger partial charge in [0.1, 0.15) is 0 Å². The second-order valence-electron chi connectivity index (χ2n) is 8.49. The molecule has 2 fully saturated rings. The Bertz CT molecular complexity index is 781. The molecule has 3 aliphatic heterocycles. The lowest BCUT2D eigenvalue weighted by Crippen LogP contribution is -2.51. The maximum absolute atomic E-state index is 12.5. The molecule has 0 aliphatic carbocycles. The van der Waals surface area contributed by atoms with E-state index in [-0.39, 0.29) is 10.0 Å². The number of rotatable bonds is 6. The van der Waals surface area contributed by atoms with Crippen LogP contribution in [0.15, 0.2) is 12.1 Å². The summed E-state index contributed by atoms with van der Waals surface area (Å²) in [5, 5.41) is 0. The van der Waals surface area contributed by atoms with Gasteiger partial charge >= 0.3 is 5.97 Å². The van der Waals surface area contributed by atoms with Gasteiger partial charge < -0.3 is 14.2 Å². The second-order valence-corrected chi connectivity index (χ2v) is 11.8. The lowest BCUT2D eigenvalue weighted by atomic mass is 9.74. The summed E-state index contributed by atoms with van der Waals surface area (Å²) in [4.78, 5) is 15.1. The highest BCUT2D eigenvalue weighted by molar-refractivity contribution is 8.21. The van der Waals surface area contributed by atoms with Gasteiger partial charge in [0.25, 0.3) is 0 Å². The fourth-order valence-corrected chi connectivity index (χ4v) is 8.70. The van der Waals surface area contributed by atoms with Gasteiger partial charge in [-0.25, -0.2) is 0 Å². The van der Waals surface area contributed by atoms with Crippen molar-refractivity contribution < 1.29 is 19.0 Å². The number of thioether (sulfide) groups is 2. The zero-order valence-electron chi connectivity index (χ0n) is 18.4. The first kappa shape index (κ1) is 22.2. The Kier molecular flexibility index (Phi) is 6.80. The third-order valence-electron chi connectivity index (χ3n) is 6.91. The van der Waals surface area contributed by atoms with Crippen LogP contribution in [0.1, 0.15) is 43.9 Å². The number of esters is 1. The highest BCUT2D eigenvalue weighted by atomic mass is 32.2. The summed E-state index contributed by atoms with van der Waals surface area (Å²) in [6.07, 6.45) is 2.53. The molecule has 0 unspecified atom stereocenters. The van der Waals surface area contributed by atoms with Crippen LogP contribution in [0.2, 0.25) is 0 Å². The number of hydrogen-bond donors (Lipinski definition) is 0. The zero-order valence-corrected chi connectivity index (χ0v) is 20.1. The van der Waals surface area contributed by atoms with Crippen molar-refractivity contribution >= 4 is 29.5 Å². The van der Waals surface area contributed by atoms with E-state index in [1.54, 1.807) is 14.2 Å². The monoisotopic (exact) mass is 451 g/mol. The normalized spacial score (nSPS) is 27.8.